The lowest BCUT2D eigenvalue weighted by Gasteiger charge is -2.20. The number of aromatic hydroxyl groups is 1. The van der Waals surface area contributed by atoms with Crippen LogP contribution in [0.1, 0.15) is 44.8 Å². The number of hydrogen-bond acceptors (Lipinski definition) is 4. The number of para-hydroxylation sites is 2. The van der Waals surface area contributed by atoms with E-state index in [1.807, 2.05) is 24.3 Å². The number of aryl methyl sites for hydroxylation is 1. The molecule has 1 aliphatic rings. The Morgan fingerprint density at radius 2 is 1.59 bits per heavy atom. The van der Waals surface area contributed by atoms with Crippen molar-refractivity contribution >= 4 is 22.7 Å². The fourth-order valence-electron chi connectivity index (χ4n) is 3.54. The molecule has 2 aromatic carbocycles. The fraction of sp³-hybridized carbons (Fsp3) is 0.190. The van der Waals surface area contributed by atoms with Crippen LogP contribution in [0.5, 0.6) is 5.75 Å². The second kappa shape index (κ2) is 7.07. The van der Waals surface area contributed by atoms with Crippen molar-refractivity contribution in [2.45, 2.75) is 25.7 Å². The molecule has 0 atom stereocenters. The van der Waals surface area contributed by atoms with Gasteiger partial charge >= 0.3 is 0 Å². The second-order valence-electron chi connectivity index (χ2n) is 6.56. The van der Waals surface area contributed by atoms with Crippen LogP contribution >= 0.6 is 0 Å². The van der Waals surface area contributed by atoms with Crippen LogP contribution in [0.25, 0.3) is 10.9 Å². The highest BCUT2D eigenvalue weighted by atomic mass is 16.3. The van der Waals surface area contributed by atoms with Gasteiger partial charge < -0.3 is 5.11 Å². The molecule has 4 rings (SSSR count). The molecule has 3 aromatic rings. The van der Waals surface area contributed by atoms with E-state index in [0.717, 1.165) is 47.8 Å². The van der Waals surface area contributed by atoms with Crippen LogP contribution in [-0.4, -0.2) is 21.9 Å². The maximum absolute atomic E-state index is 12.9. The van der Waals surface area contributed by atoms with Crippen molar-refractivity contribution in [2.75, 3.05) is 0 Å². The first-order valence-electron chi connectivity index (χ1n) is 8.94. The second-order valence-corrected chi connectivity index (χ2v) is 6.56. The molecule has 0 unspecified atom stereocenters. The van der Waals surface area contributed by atoms with E-state index >= 15 is 0 Å². The van der Waals surface area contributed by atoms with Gasteiger partial charge in [-0.15, -0.1) is 0 Å². The number of amides is 2. The Balaban J connectivity index is 1.65. The summed E-state index contributed by atoms with van der Waals surface area (Å²) in [5.41, 5.74) is 8.22. The molecular weight excluding hydrogens is 342 g/mol. The minimum atomic E-state index is -0.575. The maximum Gasteiger partial charge on any atom is 0.273 e. The number of hydrazine groups is 1. The van der Waals surface area contributed by atoms with Crippen molar-refractivity contribution < 1.29 is 14.7 Å². The molecule has 0 bridgehead atoms. The normalized spacial score (nSPS) is 13.0. The quantitative estimate of drug-likeness (QED) is 0.612. The summed E-state index contributed by atoms with van der Waals surface area (Å²) in [6.07, 6.45) is 3.72. The summed E-state index contributed by atoms with van der Waals surface area (Å²) in [7, 11) is 0. The summed E-state index contributed by atoms with van der Waals surface area (Å²) in [5, 5.41) is 10.6. The first-order valence-corrected chi connectivity index (χ1v) is 8.94. The first kappa shape index (κ1) is 17.0. The summed E-state index contributed by atoms with van der Waals surface area (Å²) in [6.45, 7) is 0. The van der Waals surface area contributed by atoms with Gasteiger partial charge in [-0.25, -0.2) is 0 Å². The molecular formula is C21H19N3O3. The van der Waals surface area contributed by atoms with E-state index < -0.39 is 5.91 Å². The van der Waals surface area contributed by atoms with Gasteiger partial charge in [0.15, 0.2) is 0 Å². The van der Waals surface area contributed by atoms with Gasteiger partial charge in [0.25, 0.3) is 11.8 Å². The van der Waals surface area contributed by atoms with Gasteiger partial charge in [-0.3, -0.25) is 25.4 Å². The SMILES string of the molecule is O=C(NNC(=O)c1c2c(nc3ccccc13)CCCC2)c1ccccc1O. The Labute approximate surface area is 156 Å². The van der Waals surface area contributed by atoms with E-state index in [1.54, 1.807) is 12.1 Å². The number of fused-ring (bicyclic) bond motifs is 2. The molecule has 0 saturated carbocycles. The topological polar surface area (TPSA) is 91.3 Å². The minimum Gasteiger partial charge on any atom is -0.507 e. The molecule has 136 valence electrons. The van der Waals surface area contributed by atoms with E-state index in [9.17, 15) is 14.7 Å². The molecule has 1 aliphatic carbocycles. The Morgan fingerprint density at radius 1 is 0.889 bits per heavy atom. The highest BCUT2D eigenvalue weighted by Gasteiger charge is 2.23. The number of benzene rings is 2. The molecule has 6 heteroatoms. The summed E-state index contributed by atoms with van der Waals surface area (Å²) < 4.78 is 0. The van der Waals surface area contributed by atoms with Gasteiger partial charge in [0.05, 0.1) is 16.6 Å². The number of phenols is 1. The number of pyridine rings is 1. The molecule has 1 heterocycles. The van der Waals surface area contributed by atoms with Gasteiger partial charge in [0.2, 0.25) is 0 Å². The van der Waals surface area contributed by atoms with Gasteiger partial charge in [-0.1, -0.05) is 30.3 Å². The first-order chi connectivity index (χ1) is 13.1. The number of rotatable bonds is 2. The lowest BCUT2D eigenvalue weighted by Crippen LogP contribution is -2.42. The van der Waals surface area contributed by atoms with Gasteiger partial charge in [0.1, 0.15) is 5.75 Å². The third-order valence-electron chi connectivity index (χ3n) is 4.83. The van der Waals surface area contributed by atoms with Crippen molar-refractivity contribution in [3.63, 3.8) is 0 Å². The van der Waals surface area contributed by atoms with Crippen LogP contribution in [0.3, 0.4) is 0 Å². The third kappa shape index (κ3) is 3.21. The van der Waals surface area contributed by atoms with Crippen LogP contribution in [0.15, 0.2) is 48.5 Å². The number of carbonyl (C=O) groups excluding carboxylic acids is 2. The molecule has 2 amide bonds. The molecule has 0 fully saturated rings. The molecule has 0 saturated heterocycles. The van der Waals surface area contributed by atoms with E-state index in [0.29, 0.717) is 5.56 Å². The molecule has 0 spiro atoms. The number of nitrogens with one attached hydrogen (secondary N) is 2. The van der Waals surface area contributed by atoms with Crippen LogP contribution in [-0.2, 0) is 12.8 Å². The van der Waals surface area contributed by atoms with Crippen LogP contribution in [0, 0.1) is 0 Å². The van der Waals surface area contributed by atoms with Gasteiger partial charge in [-0.05, 0) is 49.4 Å². The van der Waals surface area contributed by atoms with Crippen molar-refractivity contribution in [2.24, 2.45) is 0 Å². The smallest absolute Gasteiger partial charge is 0.273 e. The van der Waals surface area contributed by atoms with Crippen molar-refractivity contribution in [3.05, 3.63) is 70.9 Å². The van der Waals surface area contributed by atoms with E-state index in [2.05, 4.69) is 10.9 Å². The molecule has 1 aromatic heterocycles. The highest BCUT2D eigenvalue weighted by Crippen LogP contribution is 2.29. The average Bonchev–Trinajstić information content (AvgIpc) is 2.70. The Bertz CT molecular complexity index is 1050. The predicted molar refractivity (Wildman–Crippen MR) is 101 cm³/mol. The number of aromatic nitrogens is 1. The predicted octanol–water partition coefficient (Wildman–Crippen LogP) is 2.89. The lowest BCUT2D eigenvalue weighted by atomic mass is 9.89. The molecule has 6 nitrogen and oxygen atoms in total. The van der Waals surface area contributed by atoms with Crippen LogP contribution < -0.4 is 10.9 Å². The van der Waals surface area contributed by atoms with Crippen LogP contribution in [0.2, 0.25) is 0 Å². The van der Waals surface area contributed by atoms with E-state index in [1.165, 1.54) is 12.1 Å². The number of nitrogens with zero attached hydrogens (tertiary/aromatic N) is 1. The molecule has 0 radical (unpaired) electrons. The van der Waals surface area contributed by atoms with Crippen LogP contribution in [0.4, 0.5) is 0 Å². The minimum absolute atomic E-state index is 0.0967. The lowest BCUT2D eigenvalue weighted by molar-refractivity contribution is 0.0845. The Kier molecular flexibility index (Phi) is 4.46. The summed E-state index contributed by atoms with van der Waals surface area (Å²) >= 11 is 0. The number of carbonyl (C=O) groups is 2. The molecule has 27 heavy (non-hydrogen) atoms. The average molecular weight is 361 g/mol. The van der Waals surface area contributed by atoms with Crippen molar-refractivity contribution in [1.82, 2.24) is 15.8 Å². The summed E-state index contributed by atoms with van der Waals surface area (Å²) in [5.74, 6) is -1.10. The summed E-state index contributed by atoms with van der Waals surface area (Å²) in [6, 6.07) is 13.7. The summed E-state index contributed by atoms with van der Waals surface area (Å²) in [4.78, 5) is 29.9. The Hall–Kier alpha value is -3.41. The highest BCUT2D eigenvalue weighted by molar-refractivity contribution is 6.08. The fourth-order valence-corrected chi connectivity index (χ4v) is 3.54. The van der Waals surface area contributed by atoms with Crippen molar-refractivity contribution in [3.8, 4) is 5.75 Å². The van der Waals surface area contributed by atoms with E-state index in [4.69, 9.17) is 4.98 Å². The van der Waals surface area contributed by atoms with E-state index in [-0.39, 0.29) is 17.2 Å². The third-order valence-corrected chi connectivity index (χ3v) is 4.83. The van der Waals surface area contributed by atoms with Gasteiger partial charge in [-0.2, -0.15) is 0 Å². The standard InChI is InChI=1S/C21H19N3O3/c25-18-12-6-3-9-15(18)20(26)23-24-21(27)19-13-7-1-4-10-16(13)22-17-11-5-2-8-14(17)19/h1,3-4,6-7,9-10,12,25H,2,5,8,11H2,(H,23,26)(H,24,27). The van der Waals surface area contributed by atoms with Gasteiger partial charge in [0, 0.05) is 11.1 Å². The monoisotopic (exact) mass is 361 g/mol. The molecule has 3 N–H and O–H groups in total. The van der Waals surface area contributed by atoms with Crippen molar-refractivity contribution in [1.29, 1.82) is 0 Å². The zero-order chi connectivity index (χ0) is 18.8. The maximum atomic E-state index is 12.9. The number of phenolic OH excluding ortho intramolecular Hbond substituents is 1. The zero-order valence-corrected chi connectivity index (χ0v) is 14.7. The molecule has 0 aliphatic heterocycles. The Morgan fingerprint density at radius 3 is 2.44 bits per heavy atom. The number of hydrogen-bond donors (Lipinski definition) is 3. The largest absolute Gasteiger partial charge is 0.507 e. The zero-order valence-electron chi connectivity index (χ0n) is 14.7.